The predicted molar refractivity (Wildman–Crippen MR) is 65.4 cm³/mol. The van der Waals surface area contributed by atoms with Crippen LogP contribution in [0.4, 0.5) is 0 Å². The van der Waals surface area contributed by atoms with Gasteiger partial charge >= 0.3 is 0 Å². The molecule has 2 aromatic carbocycles. The van der Waals surface area contributed by atoms with E-state index in [1.54, 1.807) is 36.4 Å². The molecule has 4 nitrogen and oxygen atoms in total. The maximum Gasteiger partial charge on any atom is 0.123 e. The van der Waals surface area contributed by atoms with Crippen molar-refractivity contribution in [2.45, 2.75) is 5.66 Å². The first-order valence-corrected chi connectivity index (χ1v) is 5.18. The van der Waals surface area contributed by atoms with Gasteiger partial charge in [0, 0.05) is 11.1 Å². The van der Waals surface area contributed by atoms with E-state index >= 15 is 0 Å². The van der Waals surface area contributed by atoms with Crippen LogP contribution in [0.15, 0.2) is 48.5 Å². The molecule has 0 atom stereocenters. The van der Waals surface area contributed by atoms with Gasteiger partial charge in [-0.3, -0.25) is 0 Å². The number of hydrogen-bond donors (Lipinski definition) is 4. The van der Waals surface area contributed by atoms with Crippen molar-refractivity contribution in [2.24, 2.45) is 11.5 Å². The van der Waals surface area contributed by atoms with Crippen LogP contribution in [0, 0.1) is 0 Å². The van der Waals surface area contributed by atoms with Crippen LogP contribution in [0.25, 0.3) is 0 Å². The van der Waals surface area contributed by atoms with Crippen LogP contribution in [0.5, 0.6) is 11.5 Å². The van der Waals surface area contributed by atoms with E-state index in [2.05, 4.69) is 0 Å². The lowest BCUT2D eigenvalue weighted by atomic mass is 9.91. The summed E-state index contributed by atoms with van der Waals surface area (Å²) in [5, 5.41) is 19.5. The maximum absolute atomic E-state index is 9.76. The van der Waals surface area contributed by atoms with E-state index in [9.17, 15) is 10.2 Å². The van der Waals surface area contributed by atoms with Gasteiger partial charge in [0.1, 0.15) is 17.2 Å². The van der Waals surface area contributed by atoms with Crippen LogP contribution in [-0.4, -0.2) is 10.2 Å². The molecule has 0 saturated carbocycles. The van der Waals surface area contributed by atoms with E-state index in [0.717, 1.165) is 0 Å². The third-order valence-corrected chi connectivity index (χ3v) is 2.70. The summed E-state index contributed by atoms with van der Waals surface area (Å²) in [5.74, 6) is 0.00139. The first kappa shape index (κ1) is 11.4. The van der Waals surface area contributed by atoms with Gasteiger partial charge in [-0.15, -0.1) is 0 Å². The van der Waals surface area contributed by atoms with E-state index in [1.165, 1.54) is 12.1 Å². The molecule has 0 aliphatic heterocycles. The molecule has 0 fully saturated rings. The van der Waals surface area contributed by atoms with E-state index in [0.29, 0.717) is 11.1 Å². The first-order chi connectivity index (χ1) is 8.03. The summed E-state index contributed by atoms with van der Waals surface area (Å²) in [4.78, 5) is 0. The highest BCUT2D eigenvalue weighted by Gasteiger charge is 2.29. The highest BCUT2D eigenvalue weighted by atomic mass is 16.3. The van der Waals surface area contributed by atoms with Gasteiger partial charge < -0.3 is 21.7 Å². The first-order valence-electron chi connectivity index (χ1n) is 5.18. The molecule has 0 heterocycles. The average Bonchev–Trinajstić information content (AvgIpc) is 2.29. The van der Waals surface area contributed by atoms with Crippen LogP contribution < -0.4 is 11.5 Å². The van der Waals surface area contributed by atoms with Crippen molar-refractivity contribution in [3.05, 3.63) is 59.7 Å². The molecule has 0 bridgehead atoms. The highest BCUT2D eigenvalue weighted by molar-refractivity contribution is 5.48. The number of benzene rings is 2. The molecule has 88 valence electrons. The number of aromatic hydroxyl groups is 2. The molecule has 0 aromatic heterocycles. The van der Waals surface area contributed by atoms with Gasteiger partial charge in [-0.2, -0.15) is 0 Å². The molecular weight excluding hydrogens is 216 g/mol. The Bertz CT molecular complexity index is 491. The summed E-state index contributed by atoms with van der Waals surface area (Å²) in [5.41, 5.74) is 11.3. The maximum atomic E-state index is 9.76. The molecule has 0 saturated heterocycles. The van der Waals surface area contributed by atoms with Crippen LogP contribution in [0.2, 0.25) is 0 Å². The molecule has 4 heteroatoms. The second-order valence-electron chi connectivity index (χ2n) is 3.90. The fraction of sp³-hybridized carbons (Fsp3) is 0.0769. The summed E-state index contributed by atoms with van der Waals surface area (Å²) in [6.07, 6.45) is 0. The zero-order valence-corrected chi connectivity index (χ0v) is 9.17. The Hall–Kier alpha value is -2.04. The second kappa shape index (κ2) is 4.08. The molecule has 0 radical (unpaired) electrons. The van der Waals surface area contributed by atoms with Crippen molar-refractivity contribution < 1.29 is 10.2 Å². The highest BCUT2D eigenvalue weighted by Crippen LogP contribution is 2.33. The monoisotopic (exact) mass is 230 g/mol. The molecule has 0 unspecified atom stereocenters. The number of hydrogen-bond acceptors (Lipinski definition) is 4. The molecule has 6 N–H and O–H groups in total. The molecule has 2 aromatic rings. The van der Waals surface area contributed by atoms with E-state index in [-0.39, 0.29) is 11.5 Å². The average molecular weight is 230 g/mol. The normalized spacial score (nSPS) is 11.4. The Labute approximate surface area is 99.1 Å². The number of para-hydroxylation sites is 2. The molecule has 0 spiro atoms. The summed E-state index contributed by atoms with van der Waals surface area (Å²) in [6, 6.07) is 13.1. The lowest BCUT2D eigenvalue weighted by molar-refractivity contribution is 0.423. The Morgan fingerprint density at radius 1 is 0.706 bits per heavy atom. The van der Waals surface area contributed by atoms with E-state index in [4.69, 9.17) is 11.5 Å². The zero-order valence-electron chi connectivity index (χ0n) is 9.17. The van der Waals surface area contributed by atoms with Crippen LogP contribution in [0.1, 0.15) is 11.1 Å². The minimum absolute atomic E-state index is 0.000697. The van der Waals surface area contributed by atoms with Gasteiger partial charge in [-0.05, 0) is 12.1 Å². The van der Waals surface area contributed by atoms with E-state index in [1.807, 2.05) is 0 Å². The minimum atomic E-state index is -1.43. The Morgan fingerprint density at radius 3 is 1.41 bits per heavy atom. The zero-order chi connectivity index (χ0) is 12.5. The number of rotatable bonds is 2. The number of phenols is 2. The van der Waals surface area contributed by atoms with Crippen molar-refractivity contribution >= 4 is 0 Å². The van der Waals surface area contributed by atoms with Crippen LogP contribution in [0.3, 0.4) is 0 Å². The van der Waals surface area contributed by atoms with Crippen molar-refractivity contribution in [3.8, 4) is 11.5 Å². The standard InChI is InChI=1S/C13H14N2O2/c14-13(15,9-5-1-3-7-11(9)16)10-6-2-4-8-12(10)17/h1-8,16-17H,14-15H2. The smallest absolute Gasteiger partial charge is 0.123 e. The molecule has 17 heavy (non-hydrogen) atoms. The van der Waals surface area contributed by atoms with Gasteiger partial charge in [0.05, 0.1) is 0 Å². The molecule has 0 amide bonds. The van der Waals surface area contributed by atoms with Gasteiger partial charge in [-0.1, -0.05) is 36.4 Å². The third-order valence-electron chi connectivity index (χ3n) is 2.70. The topological polar surface area (TPSA) is 92.5 Å². The minimum Gasteiger partial charge on any atom is -0.508 e. The summed E-state index contributed by atoms with van der Waals surface area (Å²) >= 11 is 0. The molecular formula is C13H14N2O2. The fourth-order valence-corrected chi connectivity index (χ4v) is 1.79. The van der Waals surface area contributed by atoms with Gasteiger partial charge in [-0.25, -0.2) is 0 Å². The third kappa shape index (κ3) is 1.95. The fourth-order valence-electron chi connectivity index (χ4n) is 1.79. The van der Waals surface area contributed by atoms with Gasteiger partial charge in [0.2, 0.25) is 0 Å². The SMILES string of the molecule is NC(N)(c1ccccc1O)c1ccccc1O. The molecule has 0 aliphatic carbocycles. The van der Waals surface area contributed by atoms with E-state index < -0.39 is 5.66 Å². The van der Waals surface area contributed by atoms with Crippen molar-refractivity contribution in [1.82, 2.24) is 0 Å². The second-order valence-corrected chi connectivity index (χ2v) is 3.90. The lowest BCUT2D eigenvalue weighted by Crippen LogP contribution is -2.47. The molecule has 2 rings (SSSR count). The van der Waals surface area contributed by atoms with Crippen molar-refractivity contribution in [2.75, 3.05) is 0 Å². The summed E-state index contributed by atoms with van der Waals surface area (Å²) in [7, 11) is 0. The quantitative estimate of drug-likeness (QED) is 0.583. The Morgan fingerprint density at radius 2 is 1.06 bits per heavy atom. The van der Waals surface area contributed by atoms with Crippen molar-refractivity contribution in [3.63, 3.8) is 0 Å². The Kier molecular flexibility index (Phi) is 2.75. The number of nitrogens with two attached hydrogens (primary N) is 2. The van der Waals surface area contributed by atoms with Gasteiger partial charge in [0.15, 0.2) is 0 Å². The summed E-state index contributed by atoms with van der Waals surface area (Å²) < 4.78 is 0. The molecule has 0 aliphatic rings. The van der Waals surface area contributed by atoms with Crippen molar-refractivity contribution in [1.29, 1.82) is 0 Å². The predicted octanol–water partition coefficient (Wildman–Crippen LogP) is 1.22. The van der Waals surface area contributed by atoms with Crippen LogP contribution in [-0.2, 0) is 5.66 Å². The number of phenolic OH excluding ortho intramolecular Hbond substituents is 2. The van der Waals surface area contributed by atoms with Crippen LogP contribution >= 0.6 is 0 Å². The lowest BCUT2D eigenvalue weighted by Gasteiger charge is -2.27. The summed E-state index contributed by atoms with van der Waals surface area (Å²) in [6.45, 7) is 0. The largest absolute Gasteiger partial charge is 0.508 e. The van der Waals surface area contributed by atoms with Gasteiger partial charge in [0.25, 0.3) is 0 Å². The Balaban J connectivity index is 2.58.